The lowest BCUT2D eigenvalue weighted by atomic mass is 9.57. The fourth-order valence-corrected chi connectivity index (χ4v) is 3.06. The molecular formula is C11H18O2. The van der Waals surface area contributed by atoms with Crippen LogP contribution in [0.5, 0.6) is 0 Å². The minimum atomic E-state index is -0.969. The number of aliphatic hydroxyl groups is 1. The lowest BCUT2D eigenvalue weighted by Crippen LogP contribution is -2.56. The van der Waals surface area contributed by atoms with Crippen molar-refractivity contribution in [2.24, 2.45) is 5.41 Å². The maximum atomic E-state index is 11.7. The van der Waals surface area contributed by atoms with Gasteiger partial charge in [0, 0.05) is 11.8 Å². The van der Waals surface area contributed by atoms with Crippen molar-refractivity contribution in [1.29, 1.82) is 0 Å². The van der Waals surface area contributed by atoms with Gasteiger partial charge in [-0.2, -0.15) is 0 Å². The molecule has 0 aliphatic heterocycles. The van der Waals surface area contributed by atoms with E-state index in [1.165, 1.54) is 6.42 Å². The van der Waals surface area contributed by atoms with Crippen molar-refractivity contribution in [2.75, 3.05) is 0 Å². The number of rotatable bonds is 0. The van der Waals surface area contributed by atoms with E-state index in [0.29, 0.717) is 12.8 Å². The Hall–Kier alpha value is -0.370. The molecule has 2 aliphatic rings. The average molecular weight is 182 g/mol. The van der Waals surface area contributed by atoms with Gasteiger partial charge in [0.05, 0.1) is 0 Å². The number of ketones is 1. The van der Waals surface area contributed by atoms with Crippen LogP contribution in [0.3, 0.4) is 0 Å². The maximum absolute atomic E-state index is 11.7. The molecule has 0 heterocycles. The molecule has 2 atom stereocenters. The van der Waals surface area contributed by atoms with Crippen molar-refractivity contribution in [3.05, 3.63) is 0 Å². The van der Waals surface area contributed by atoms with E-state index in [4.69, 9.17) is 0 Å². The van der Waals surface area contributed by atoms with E-state index in [2.05, 4.69) is 6.92 Å². The molecule has 2 rings (SSSR count). The highest BCUT2D eigenvalue weighted by Crippen LogP contribution is 2.51. The third-order valence-electron chi connectivity index (χ3n) is 4.11. The van der Waals surface area contributed by atoms with Crippen LogP contribution < -0.4 is 0 Å². The Kier molecular flexibility index (Phi) is 1.99. The van der Waals surface area contributed by atoms with Gasteiger partial charge in [-0.1, -0.05) is 19.8 Å². The highest BCUT2D eigenvalue weighted by atomic mass is 16.3. The number of fused-ring (bicyclic) bond motifs is 1. The van der Waals surface area contributed by atoms with Gasteiger partial charge in [-0.15, -0.1) is 0 Å². The minimum absolute atomic E-state index is 0.0981. The lowest BCUT2D eigenvalue weighted by molar-refractivity contribution is -0.168. The van der Waals surface area contributed by atoms with Gasteiger partial charge in [0.25, 0.3) is 0 Å². The number of Topliss-reactive ketones (excluding diaryl/α,β-unsaturated/α-hetero) is 1. The summed E-state index contributed by atoms with van der Waals surface area (Å²) in [7, 11) is 0. The first-order chi connectivity index (χ1) is 6.08. The summed E-state index contributed by atoms with van der Waals surface area (Å²) in [5.41, 5.74) is -1.08. The average Bonchev–Trinajstić information content (AvgIpc) is 2.09. The molecule has 2 saturated carbocycles. The van der Waals surface area contributed by atoms with E-state index in [0.717, 1.165) is 25.7 Å². The second kappa shape index (κ2) is 2.81. The van der Waals surface area contributed by atoms with Crippen LogP contribution in [0.25, 0.3) is 0 Å². The normalized spacial score (nSPS) is 45.8. The van der Waals surface area contributed by atoms with Crippen LogP contribution in [0.1, 0.15) is 51.9 Å². The molecule has 0 unspecified atom stereocenters. The first-order valence-electron chi connectivity index (χ1n) is 5.34. The molecule has 13 heavy (non-hydrogen) atoms. The lowest BCUT2D eigenvalue weighted by Gasteiger charge is -2.50. The minimum Gasteiger partial charge on any atom is -0.382 e. The molecular weight excluding hydrogens is 164 g/mol. The Bertz CT molecular complexity index is 232. The van der Waals surface area contributed by atoms with Crippen LogP contribution in [0.15, 0.2) is 0 Å². The van der Waals surface area contributed by atoms with Crippen LogP contribution in [-0.4, -0.2) is 16.5 Å². The number of hydrogen-bond acceptors (Lipinski definition) is 2. The van der Waals surface area contributed by atoms with Gasteiger partial charge in [0.2, 0.25) is 0 Å². The SMILES string of the molecule is C[C@]12CCCC[C@]1(O)C(=O)CCC2. The second-order valence-electron chi connectivity index (χ2n) is 4.90. The van der Waals surface area contributed by atoms with Crippen LogP contribution >= 0.6 is 0 Å². The van der Waals surface area contributed by atoms with Crippen molar-refractivity contribution in [3.63, 3.8) is 0 Å². The van der Waals surface area contributed by atoms with Crippen molar-refractivity contribution >= 4 is 5.78 Å². The Labute approximate surface area is 79.3 Å². The molecule has 2 nitrogen and oxygen atoms in total. The molecule has 0 spiro atoms. The van der Waals surface area contributed by atoms with E-state index in [-0.39, 0.29) is 11.2 Å². The van der Waals surface area contributed by atoms with Gasteiger partial charge in [-0.05, 0) is 25.7 Å². The molecule has 2 heteroatoms. The summed E-state index contributed by atoms with van der Waals surface area (Å²) in [5, 5.41) is 10.4. The zero-order valence-electron chi connectivity index (χ0n) is 8.31. The molecule has 1 N–H and O–H groups in total. The van der Waals surface area contributed by atoms with Crippen molar-refractivity contribution in [1.82, 2.24) is 0 Å². The summed E-state index contributed by atoms with van der Waals surface area (Å²) in [5.74, 6) is 0.0981. The quantitative estimate of drug-likeness (QED) is 0.622. The topological polar surface area (TPSA) is 37.3 Å². The first kappa shape index (κ1) is 9.20. The molecule has 0 aromatic heterocycles. The van der Waals surface area contributed by atoms with E-state index in [1.807, 2.05) is 0 Å². The largest absolute Gasteiger partial charge is 0.382 e. The van der Waals surface area contributed by atoms with Gasteiger partial charge in [-0.3, -0.25) is 4.79 Å². The zero-order valence-corrected chi connectivity index (χ0v) is 8.31. The number of carbonyl (C=O) groups is 1. The van der Waals surface area contributed by atoms with Crippen LogP contribution in [0.2, 0.25) is 0 Å². The highest BCUT2D eigenvalue weighted by molar-refractivity contribution is 5.88. The summed E-state index contributed by atoms with van der Waals surface area (Å²) >= 11 is 0. The fourth-order valence-electron chi connectivity index (χ4n) is 3.06. The van der Waals surface area contributed by atoms with Crippen LogP contribution in [0.4, 0.5) is 0 Å². The third kappa shape index (κ3) is 1.15. The van der Waals surface area contributed by atoms with E-state index >= 15 is 0 Å². The summed E-state index contributed by atoms with van der Waals surface area (Å²) < 4.78 is 0. The molecule has 0 aromatic carbocycles. The summed E-state index contributed by atoms with van der Waals surface area (Å²) in [4.78, 5) is 11.7. The van der Waals surface area contributed by atoms with Gasteiger partial charge in [0.1, 0.15) is 5.60 Å². The van der Waals surface area contributed by atoms with Gasteiger partial charge in [0.15, 0.2) is 5.78 Å². The van der Waals surface area contributed by atoms with E-state index < -0.39 is 5.60 Å². The third-order valence-corrected chi connectivity index (χ3v) is 4.11. The summed E-state index contributed by atoms with van der Waals surface area (Å²) in [6.45, 7) is 2.09. The molecule has 0 aromatic rings. The molecule has 0 amide bonds. The Balaban J connectivity index is 2.32. The predicted octanol–water partition coefficient (Wildman–Crippen LogP) is 2.05. The Morgan fingerprint density at radius 2 is 1.77 bits per heavy atom. The van der Waals surface area contributed by atoms with Crippen molar-refractivity contribution in [3.8, 4) is 0 Å². The van der Waals surface area contributed by atoms with Gasteiger partial charge < -0.3 is 5.11 Å². The first-order valence-corrected chi connectivity index (χ1v) is 5.34. The molecule has 74 valence electrons. The molecule has 0 bridgehead atoms. The maximum Gasteiger partial charge on any atom is 0.164 e. The smallest absolute Gasteiger partial charge is 0.164 e. The van der Waals surface area contributed by atoms with Crippen molar-refractivity contribution < 1.29 is 9.90 Å². The monoisotopic (exact) mass is 182 g/mol. The van der Waals surface area contributed by atoms with Crippen LogP contribution in [-0.2, 0) is 4.79 Å². The number of hydrogen-bond donors (Lipinski definition) is 1. The number of carbonyl (C=O) groups excluding carboxylic acids is 1. The summed E-state index contributed by atoms with van der Waals surface area (Å²) in [6, 6.07) is 0. The van der Waals surface area contributed by atoms with Gasteiger partial charge >= 0.3 is 0 Å². The van der Waals surface area contributed by atoms with Gasteiger partial charge in [-0.25, -0.2) is 0 Å². The van der Waals surface area contributed by atoms with E-state index in [1.54, 1.807) is 0 Å². The Morgan fingerprint density at radius 3 is 2.46 bits per heavy atom. The fraction of sp³-hybridized carbons (Fsp3) is 0.909. The molecule has 0 saturated heterocycles. The molecule has 2 aliphatic carbocycles. The Morgan fingerprint density at radius 1 is 1.15 bits per heavy atom. The van der Waals surface area contributed by atoms with Crippen molar-refractivity contribution in [2.45, 2.75) is 57.5 Å². The second-order valence-corrected chi connectivity index (χ2v) is 4.90. The molecule has 0 radical (unpaired) electrons. The molecule has 2 fully saturated rings. The summed E-state index contributed by atoms with van der Waals surface area (Å²) in [6.07, 6.45) is 6.49. The van der Waals surface area contributed by atoms with Crippen LogP contribution in [0, 0.1) is 5.41 Å². The van der Waals surface area contributed by atoms with E-state index in [9.17, 15) is 9.90 Å². The zero-order chi connectivity index (χ0) is 9.53. The standard InChI is InChI=1S/C11H18O2/c1-10-6-2-3-8-11(10,13)9(12)5-4-7-10/h13H,2-8H2,1H3/t10-,11+/m1/s1. The predicted molar refractivity (Wildman–Crippen MR) is 50.4 cm³/mol. The highest BCUT2D eigenvalue weighted by Gasteiger charge is 2.54.